The van der Waals surface area contributed by atoms with E-state index in [2.05, 4.69) is 4.98 Å². The first kappa shape index (κ1) is 29.1. The summed E-state index contributed by atoms with van der Waals surface area (Å²) in [7, 11) is 1.26. The summed E-state index contributed by atoms with van der Waals surface area (Å²) in [4.78, 5) is 45.6. The molecule has 1 N–H and O–H groups in total. The van der Waals surface area contributed by atoms with E-state index in [1.807, 2.05) is 20.8 Å². The smallest absolute Gasteiger partial charge is 0.350 e. The van der Waals surface area contributed by atoms with Gasteiger partial charge in [-0.1, -0.05) is 24.3 Å². The summed E-state index contributed by atoms with van der Waals surface area (Å²) in [5.41, 5.74) is 2.02. The number of amides is 1. The molecule has 11 heteroatoms. The summed E-state index contributed by atoms with van der Waals surface area (Å²) >= 11 is 0.939. The summed E-state index contributed by atoms with van der Waals surface area (Å²) in [5.74, 6) is -1.01. The molecule has 3 aromatic rings. The van der Waals surface area contributed by atoms with Gasteiger partial charge in [-0.2, -0.15) is 0 Å². The number of ether oxygens (including phenoxy) is 4. The number of methoxy groups -OCH3 is 1. The van der Waals surface area contributed by atoms with E-state index in [1.54, 1.807) is 43.3 Å². The number of aliphatic hydroxyl groups excluding tert-OH is 1. The first-order chi connectivity index (χ1) is 20.2. The normalized spacial score (nSPS) is 19.0. The van der Waals surface area contributed by atoms with Gasteiger partial charge < -0.3 is 24.1 Å². The molecule has 0 aliphatic carbocycles. The standard InChI is InChI=1S/C31H32N2O8S/c1-6-12-40-22-11-8-18(15-23(22)39-7-2)25-24(26(34)19-9-10-21-20(14-19)13-16(3)41-21)27(35)29(36)33(25)31-32-17(4)28(42-31)30(37)38-5/h8-11,14-16,25,34H,6-7,12-13H2,1-5H3/b26-24+/t16-,25-/m0/s1. The Morgan fingerprint density at radius 2 is 1.93 bits per heavy atom. The van der Waals surface area contributed by atoms with Crippen molar-refractivity contribution in [3.05, 3.63) is 69.2 Å². The number of anilines is 1. The molecular formula is C31H32N2O8S. The third kappa shape index (κ3) is 5.20. The Bertz CT molecular complexity index is 1590. The van der Waals surface area contributed by atoms with Crippen molar-refractivity contribution >= 4 is 39.9 Å². The van der Waals surface area contributed by atoms with Crippen molar-refractivity contribution in [2.45, 2.75) is 52.7 Å². The molecule has 10 nitrogen and oxygen atoms in total. The van der Waals surface area contributed by atoms with Gasteiger partial charge in [0.15, 0.2) is 16.6 Å². The van der Waals surface area contributed by atoms with Crippen LogP contribution in [0.15, 0.2) is 42.0 Å². The molecule has 2 aliphatic heterocycles. The minimum atomic E-state index is -1.07. The fourth-order valence-corrected chi connectivity index (χ4v) is 6.14. The molecule has 0 saturated carbocycles. The van der Waals surface area contributed by atoms with E-state index in [1.165, 1.54) is 12.0 Å². The Kier molecular flexibility index (Phi) is 8.22. The number of carbonyl (C=O) groups excluding carboxylic acids is 3. The summed E-state index contributed by atoms with van der Waals surface area (Å²) in [6.45, 7) is 8.25. The lowest BCUT2D eigenvalue weighted by Gasteiger charge is -2.24. The molecule has 1 amide bonds. The molecule has 0 radical (unpaired) electrons. The maximum atomic E-state index is 13.7. The number of thiazole rings is 1. The Balaban J connectivity index is 1.69. The first-order valence-corrected chi connectivity index (χ1v) is 14.6. The predicted octanol–water partition coefficient (Wildman–Crippen LogP) is 5.38. The summed E-state index contributed by atoms with van der Waals surface area (Å²) in [6, 6.07) is 9.26. The number of Topliss-reactive ketones (excluding diaryl/α,β-unsaturated/α-hetero) is 1. The van der Waals surface area contributed by atoms with Gasteiger partial charge in [0.2, 0.25) is 0 Å². The number of benzene rings is 2. The molecule has 3 heterocycles. The van der Waals surface area contributed by atoms with Gasteiger partial charge in [0.05, 0.1) is 37.6 Å². The quantitative estimate of drug-likeness (QED) is 0.151. The molecule has 5 rings (SSSR count). The maximum Gasteiger partial charge on any atom is 0.350 e. The van der Waals surface area contributed by atoms with Crippen LogP contribution in [-0.4, -0.2) is 54.2 Å². The number of aliphatic hydroxyl groups is 1. The van der Waals surface area contributed by atoms with Gasteiger partial charge in [0.25, 0.3) is 5.78 Å². The van der Waals surface area contributed by atoms with Crippen LogP contribution in [0.3, 0.4) is 0 Å². The predicted molar refractivity (Wildman–Crippen MR) is 157 cm³/mol. The van der Waals surface area contributed by atoms with Crippen molar-refractivity contribution < 1.29 is 38.4 Å². The van der Waals surface area contributed by atoms with Crippen LogP contribution in [-0.2, 0) is 20.7 Å². The highest BCUT2D eigenvalue weighted by Crippen LogP contribution is 2.46. The third-order valence-corrected chi connectivity index (χ3v) is 8.16. The van der Waals surface area contributed by atoms with Crippen molar-refractivity contribution in [1.82, 2.24) is 4.98 Å². The molecule has 220 valence electrons. The van der Waals surface area contributed by atoms with E-state index >= 15 is 0 Å². The largest absolute Gasteiger partial charge is 0.507 e. The van der Waals surface area contributed by atoms with Gasteiger partial charge in [-0.25, -0.2) is 9.78 Å². The molecule has 2 aliphatic rings. The van der Waals surface area contributed by atoms with E-state index in [4.69, 9.17) is 18.9 Å². The topological polar surface area (TPSA) is 124 Å². The van der Waals surface area contributed by atoms with E-state index in [-0.39, 0.29) is 27.4 Å². The van der Waals surface area contributed by atoms with Crippen LogP contribution in [0, 0.1) is 6.92 Å². The van der Waals surface area contributed by atoms with Crippen molar-refractivity contribution in [2.24, 2.45) is 0 Å². The van der Waals surface area contributed by atoms with Crippen LogP contribution in [0.5, 0.6) is 17.2 Å². The fourth-order valence-electron chi connectivity index (χ4n) is 5.13. The minimum absolute atomic E-state index is 0.00875. The highest BCUT2D eigenvalue weighted by Gasteiger charge is 2.48. The molecule has 2 atom stereocenters. The van der Waals surface area contributed by atoms with E-state index < -0.39 is 23.7 Å². The molecule has 1 aromatic heterocycles. The number of nitrogens with zero attached hydrogens (tertiary/aromatic N) is 2. The highest BCUT2D eigenvalue weighted by molar-refractivity contribution is 7.17. The summed E-state index contributed by atoms with van der Waals surface area (Å²) < 4.78 is 22.4. The van der Waals surface area contributed by atoms with Gasteiger partial charge in [-0.05, 0) is 68.7 Å². The Labute approximate surface area is 247 Å². The number of aromatic nitrogens is 1. The Morgan fingerprint density at radius 1 is 1.14 bits per heavy atom. The monoisotopic (exact) mass is 592 g/mol. The van der Waals surface area contributed by atoms with Crippen LogP contribution in [0.25, 0.3) is 5.76 Å². The zero-order chi connectivity index (χ0) is 30.1. The number of esters is 1. The van der Waals surface area contributed by atoms with Crippen molar-refractivity contribution in [2.75, 3.05) is 25.2 Å². The van der Waals surface area contributed by atoms with Crippen LogP contribution >= 0.6 is 11.3 Å². The van der Waals surface area contributed by atoms with Crippen molar-refractivity contribution in [3.63, 3.8) is 0 Å². The van der Waals surface area contributed by atoms with E-state index in [0.717, 1.165) is 23.3 Å². The highest BCUT2D eigenvalue weighted by atomic mass is 32.1. The van der Waals surface area contributed by atoms with E-state index in [0.29, 0.717) is 53.7 Å². The molecule has 0 bridgehead atoms. The lowest BCUT2D eigenvalue weighted by atomic mass is 9.94. The number of hydrogen-bond donors (Lipinski definition) is 1. The van der Waals surface area contributed by atoms with Gasteiger partial charge in [-0.3, -0.25) is 14.5 Å². The molecule has 1 saturated heterocycles. The number of ketones is 1. The van der Waals surface area contributed by atoms with E-state index in [9.17, 15) is 19.5 Å². The van der Waals surface area contributed by atoms with Crippen LogP contribution < -0.4 is 19.1 Å². The summed E-state index contributed by atoms with van der Waals surface area (Å²) in [6.07, 6.45) is 1.44. The second-order valence-electron chi connectivity index (χ2n) is 10.0. The zero-order valence-corrected chi connectivity index (χ0v) is 24.9. The Morgan fingerprint density at radius 3 is 2.64 bits per heavy atom. The molecule has 2 aromatic carbocycles. The van der Waals surface area contributed by atoms with Gasteiger partial charge >= 0.3 is 11.9 Å². The summed E-state index contributed by atoms with van der Waals surface area (Å²) in [5, 5.41) is 11.7. The van der Waals surface area contributed by atoms with Crippen LogP contribution in [0.2, 0.25) is 0 Å². The van der Waals surface area contributed by atoms with Crippen molar-refractivity contribution in [1.29, 1.82) is 0 Å². The maximum absolute atomic E-state index is 13.7. The van der Waals surface area contributed by atoms with Crippen molar-refractivity contribution in [3.8, 4) is 17.2 Å². The molecular weight excluding hydrogens is 560 g/mol. The zero-order valence-electron chi connectivity index (χ0n) is 24.1. The molecule has 1 fully saturated rings. The number of rotatable bonds is 9. The molecule has 0 unspecified atom stereocenters. The molecule has 42 heavy (non-hydrogen) atoms. The number of carbonyl (C=O) groups is 3. The second kappa shape index (κ2) is 11.8. The third-order valence-electron chi connectivity index (χ3n) is 7.02. The lowest BCUT2D eigenvalue weighted by molar-refractivity contribution is -0.132. The second-order valence-corrected chi connectivity index (χ2v) is 11.0. The van der Waals surface area contributed by atoms with Gasteiger partial charge in [0.1, 0.15) is 22.5 Å². The average molecular weight is 593 g/mol. The number of fused-ring (bicyclic) bond motifs is 1. The number of hydrogen-bond acceptors (Lipinski definition) is 10. The molecule has 0 spiro atoms. The number of aryl methyl sites for hydroxylation is 1. The Hall–Kier alpha value is -4.38. The van der Waals surface area contributed by atoms with Crippen LogP contribution in [0.4, 0.5) is 5.13 Å². The SMILES string of the molecule is CCCOc1ccc([C@H]2/C(=C(\O)c3ccc4c(c3)C[C@H](C)O4)C(=O)C(=O)N2c2nc(C)c(C(=O)OC)s2)cc1OCC. The fraction of sp³-hybridized carbons (Fsp3) is 0.355. The minimum Gasteiger partial charge on any atom is -0.507 e. The van der Waals surface area contributed by atoms with Gasteiger partial charge in [-0.15, -0.1) is 0 Å². The van der Waals surface area contributed by atoms with Gasteiger partial charge in [0, 0.05) is 12.0 Å². The lowest BCUT2D eigenvalue weighted by Crippen LogP contribution is -2.29. The van der Waals surface area contributed by atoms with Crippen LogP contribution in [0.1, 0.15) is 65.3 Å². The first-order valence-electron chi connectivity index (χ1n) is 13.7. The average Bonchev–Trinajstić information content (AvgIpc) is 3.63.